The van der Waals surface area contributed by atoms with Crippen LogP contribution in [0.3, 0.4) is 0 Å². The second-order valence-electron chi connectivity index (χ2n) is 3.03. The molecule has 1 aromatic rings. The van der Waals surface area contributed by atoms with Gasteiger partial charge in [-0.1, -0.05) is 23.7 Å². The van der Waals surface area contributed by atoms with Crippen molar-refractivity contribution in [2.75, 3.05) is 6.61 Å². The second-order valence-corrected chi connectivity index (χ2v) is 3.47. The van der Waals surface area contributed by atoms with Gasteiger partial charge in [0.25, 0.3) is 0 Å². The van der Waals surface area contributed by atoms with Gasteiger partial charge in [0.2, 0.25) is 0 Å². The Morgan fingerprint density at radius 1 is 1.36 bits per heavy atom. The highest BCUT2D eigenvalue weighted by molar-refractivity contribution is 6.30. The second kappa shape index (κ2) is 4.98. The molecule has 1 atom stereocenters. The topological polar surface area (TPSA) is 57.5 Å². The molecule has 0 heterocycles. The van der Waals surface area contributed by atoms with Crippen LogP contribution in [0.2, 0.25) is 5.02 Å². The number of carboxylic acids is 1. The molecule has 0 amide bonds. The van der Waals surface area contributed by atoms with Crippen LogP contribution in [0, 0.1) is 0 Å². The third kappa shape index (κ3) is 3.01. The fourth-order valence-corrected chi connectivity index (χ4v) is 1.36. The fourth-order valence-electron chi connectivity index (χ4n) is 1.23. The molecule has 0 aliphatic carbocycles. The predicted octanol–water partition coefficient (Wildman–Crippen LogP) is 1.89. The lowest BCUT2D eigenvalue weighted by Gasteiger charge is -2.11. The number of benzene rings is 1. The zero-order chi connectivity index (χ0) is 10.6. The molecule has 0 fully saturated rings. The van der Waals surface area contributed by atoms with E-state index in [1.807, 2.05) is 0 Å². The molecule has 14 heavy (non-hydrogen) atoms. The van der Waals surface area contributed by atoms with Crippen LogP contribution in [0.25, 0.3) is 0 Å². The summed E-state index contributed by atoms with van der Waals surface area (Å²) in [5.41, 5.74) is 0.791. The summed E-state index contributed by atoms with van der Waals surface area (Å²) in [6, 6.07) is 6.82. The van der Waals surface area contributed by atoms with Crippen LogP contribution < -0.4 is 0 Å². The molecule has 1 rings (SSSR count). The molecule has 0 aliphatic heterocycles. The van der Waals surface area contributed by atoms with Crippen molar-refractivity contribution in [3.05, 3.63) is 34.9 Å². The van der Waals surface area contributed by atoms with E-state index in [1.54, 1.807) is 24.3 Å². The van der Waals surface area contributed by atoms with E-state index in [0.717, 1.165) is 5.56 Å². The van der Waals surface area contributed by atoms with Crippen molar-refractivity contribution in [2.45, 2.75) is 12.3 Å². The minimum atomic E-state index is -0.918. The van der Waals surface area contributed by atoms with Gasteiger partial charge in [-0.05, 0) is 17.7 Å². The summed E-state index contributed by atoms with van der Waals surface area (Å²) in [5, 5.41) is 18.2. The predicted molar refractivity (Wildman–Crippen MR) is 53.5 cm³/mol. The van der Waals surface area contributed by atoms with E-state index in [4.69, 9.17) is 21.8 Å². The highest BCUT2D eigenvalue weighted by atomic mass is 35.5. The van der Waals surface area contributed by atoms with Gasteiger partial charge in [0, 0.05) is 10.9 Å². The lowest BCUT2D eigenvalue weighted by molar-refractivity contribution is -0.137. The summed E-state index contributed by atoms with van der Waals surface area (Å²) in [5.74, 6) is -1.27. The molecule has 2 N–H and O–H groups in total. The zero-order valence-electron chi connectivity index (χ0n) is 7.48. The third-order valence-corrected chi connectivity index (χ3v) is 2.23. The first-order chi connectivity index (χ1) is 6.63. The average Bonchev–Trinajstić information content (AvgIpc) is 2.15. The number of aliphatic hydroxyl groups is 1. The maximum Gasteiger partial charge on any atom is 0.304 e. The molecule has 4 heteroatoms. The number of halogens is 1. The third-order valence-electron chi connectivity index (χ3n) is 1.98. The van der Waals surface area contributed by atoms with E-state index in [0.29, 0.717) is 5.02 Å². The maximum absolute atomic E-state index is 10.5. The Labute approximate surface area is 86.9 Å². The number of rotatable bonds is 4. The highest BCUT2D eigenvalue weighted by Gasteiger charge is 2.13. The molecule has 0 bridgehead atoms. The maximum atomic E-state index is 10.5. The molecule has 0 aliphatic rings. The van der Waals surface area contributed by atoms with E-state index >= 15 is 0 Å². The van der Waals surface area contributed by atoms with E-state index in [1.165, 1.54) is 0 Å². The van der Waals surface area contributed by atoms with Crippen molar-refractivity contribution < 1.29 is 15.0 Å². The molecular formula is C10H11ClO3. The Morgan fingerprint density at radius 2 is 1.93 bits per heavy atom. The van der Waals surface area contributed by atoms with Gasteiger partial charge in [0.15, 0.2) is 0 Å². The molecule has 0 saturated carbocycles. The van der Waals surface area contributed by atoms with Crippen LogP contribution in [-0.4, -0.2) is 22.8 Å². The number of carboxylic acid groups (broad SMARTS) is 1. The van der Waals surface area contributed by atoms with Gasteiger partial charge in [0.1, 0.15) is 0 Å². The number of aliphatic carboxylic acids is 1. The molecule has 0 saturated heterocycles. The standard InChI is InChI=1S/C10H11ClO3/c11-9-3-1-7(2-4-9)8(6-12)5-10(13)14/h1-4,8,12H,5-6H2,(H,13,14)/t8-/m1/s1. The van der Waals surface area contributed by atoms with Crippen LogP contribution in [0.4, 0.5) is 0 Å². The van der Waals surface area contributed by atoms with E-state index in [9.17, 15) is 4.79 Å². The van der Waals surface area contributed by atoms with Gasteiger partial charge in [0.05, 0.1) is 13.0 Å². The number of aliphatic hydroxyl groups excluding tert-OH is 1. The van der Waals surface area contributed by atoms with Gasteiger partial charge < -0.3 is 10.2 Å². The molecular weight excluding hydrogens is 204 g/mol. The fraction of sp³-hybridized carbons (Fsp3) is 0.300. The van der Waals surface area contributed by atoms with Crippen LogP contribution >= 0.6 is 11.6 Å². The van der Waals surface area contributed by atoms with Crippen molar-refractivity contribution in [2.24, 2.45) is 0 Å². The minimum Gasteiger partial charge on any atom is -0.481 e. The smallest absolute Gasteiger partial charge is 0.304 e. The van der Waals surface area contributed by atoms with E-state index in [2.05, 4.69) is 0 Å². The lowest BCUT2D eigenvalue weighted by Crippen LogP contribution is -2.09. The Hall–Kier alpha value is -1.06. The van der Waals surface area contributed by atoms with Gasteiger partial charge in [-0.25, -0.2) is 0 Å². The Balaban J connectivity index is 2.78. The van der Waals surface area contributed by atoms with Gasteiger partial charge in [-0.3, -0.25) is 4.79 Å². The summed E-state index contributed by atoms with van der Waals surface area (Å²) >= 11 is 5.69. The van der Waals surface area contributed by atoms with Crippen molar-refractivity contribution in [3.8, 4) is 0 Å². The summed E-state index contributed by atoms with van der Waals surface area (Å²) in [6.07, 6.45) is -0.0713. The minimum absolute atomic E-state index is 0.0713. The first kappa shape index (κ1) is 11.0. The number of hydrogen-bond acceptors (Lipinski definition) is 2. The Bertz CT molecular complexity index is 308. The molecule has 0 spiro atoms. The summed E-state index contributed by atoms with van der Waals surface area (Å²) in [7, 11) is 0. The summed E-state index contributed by atoms with van der Waals surface area (Å²) in [4.78, 5) is 10.5. The molecule has 76 valence electrons. The molecule has 0 unspecified atom stereocenters. The van der Waals surface area contributed by atoms with Crippen molar-refractivity contribution in [1.82, 2.24) is 0 Å². The Morgan fingerprint density at radius 3 is 2.36 bits per heavy atom. The molecule has 0 radical (unpaired) electrons. The summed E-state index contributed by atoms with van der Waals surface area (Å²) < 4.78 is 0. The van der Waals surface area contributed by atoms with Crippen LogP contribution in [0.1, 0.15) is 17.9 Å². The molecule has 1 aromatic carbocycles. The number of carbonyl (C=O) groups is 1. The molecule has 3 nitrogen and oxygen atoms in total. The lowest BCUT2D eigenvalue weighted by atomic mass is 9.97. The van der Waals surface area contributed by atoms with Crippen LogP contribution in [0.15, 0.2) is 24.3 Å². The van der Waals surface area contributed by atoms with Gasteiger partial charge >= 0.3 is 5.97 Å². The quantitative estimate of drug-likeness (QED) is 0.805. The van der Waals surface area contributed by atoms with Gasteiger partial charge in [-0.15, -0.1) is 0 Å². The average molecular weight is 215 g/mol. The van der Waals surface area contributed by atoms with Gasteiger partial charge in [-0.2, -0.15) is 0 Å². The SMILES string of the molecule is O=C(O)C[C@H](CO)c1ccc(Cl)cc1. The normalized spacial score (nSPS) is 12.4. The van der Waals surface area contributed by atoms with E-state index < -0.39 is 5.97 Å². The first-order valence-electron chi connectivity index (χ1n) is 4.21. The largest absolute Gasteiger partial charge is 0.481 e. The van der Waals surface area contributed by atoms with Crippen molar-refractivity contribution >= 4 is 17.6 Å². The van der Waals surface area contributed by atoms with Crippen LogP contribution in [-0.2, 0) is 4.79 Å². The molecule has 0 aromatic heterocycles. The zero-order valence-corrected chi connectivity index (χ0v) is 8.24. The van der Waals surface area contributed by atoms with E-state index in [-0.39, 0.29) is 18.9 Å². The Kier molecular flexibility index (Phi) is 3.92. The highest BCUT2D eigenvalue weighted by Crippen LogP contribution is 2.20. The monoisotopic (exact) mass is 214 g/mol. The van der Waals surface area contributed by atoms with Crippen molar-refractivity contribution in [1.29, 1.82) is 0 Å². The first-order valence-corrected chi connectivity index (χ1v) is 4.59. The van der Waals surface area contributed by atoms with Crippen molar-refractivity contribution in [3.63, 3.8) is 0 Å². The summed E-state index contributed by atoms with van der Waals surface area (Å²) in [6.45, 7) is -0.173. The number of hydrogen-bond donors (Lipinski definition) is 2. The van der Waals surface area contributed by atoms with Crippen LogP contribution in [0.5, 0.6) is 0 Å².